The summed E-state index contributed by atoms with van der Waals surface area (Å²) in [5.74, 6) is 0. The highest BCUT2D eigenvalue weighted by molar-refractivity contribution is 6.20. The fraction of sp³-hybridized carbons (Fsp3) is 0. The quantitative estimate of drug-likeness (QED) is 0.196. The van der Waals surface area contributed by atoms with Crippen LogP contribution >= 0.6 is 0 Å². The summed E-state index contributed by atoms with van der Waals surface area (Å²) in [6.07, 6.45) is 4.16. The summed E-state index contributed by atoms with van der Waals surface area (Å²) in [5.41, 5.74) is 11.2. The molecular formula is C41H26N4. The zero-order valence-electron chi connectivity index (χ0n) is 24.3. The highest BCUT2D eigenvalue weighted by Crippen LogP contribution is 2.38. The normalized spacial score (nSPS) is 11.6. The summed E-state index contributed by atoms with van der Waals surface area (Å²) in [6.45, 7) is 0. The van der Waals surface area contributed by atoms with Gasteiger partial charge in [0.2, 0.25) is 0 Å². The van der Waals surface area contributed by atoms with Crippen LogP contribution in [-0.2, 0) is 0 Å². The average Bonchev–Trinajstić information content (AvgIpc) is 3.55. The topological polar surface area (TPSA) is 43.1 Å². The number of imidazole rings is 1. The minimum Gasteiger partial charge on any atom is -0.306 e. The van der Waals surface area contributed by atoms with Gasteiger partial charge in [0.15, 0.2) is 0 Å². The lowest BCUT2D eigenvalue weighted by molar-refractivity contribution is 1.19. The number of para-hydroxylation sites is 1. The first-order valence-corrected chi connectivity index (χ1v) is 15.1. The van der Waals surface area contributed by atoms with Gasteiger partial charge in [-0.1, -0.05) is 121 Å². The number of hydrogen-bond acceptors (Lipinski definition) is 3. The lowest BCUT2D eigenvalue weighted by atomic mass is 9.96. The molecule has 0 radical (unpaired) electrons. The minimum absolute atomic E-state index is 0.921. The van der Waals surface area contributed by atoms with Crippen molar-refractivity contribution in [1.82, 2.24) is 19.4 Å². The van der Waals surface area contributed by atoms with E-state index in [1.165, 1.54) is 0 Å². The molecule has 9 aromatic rings. The van der Waals surface area contributed by atoms with E-state index in [4.69, 9.17) is 15.0 Å². The van der Waals surface area contributed by atoms with Crippen molar-refractivity contribution in [3.05, 3.63) is 158 Å². The van der Waals surface area contributed by atoms with E-state index in [9.17, 15) is 0 Å². The zero-order valence-corrected chi connectivity index (χ0v) is 24.3. The first-order valence-electron chi connectivity index (χ1n) is 15.1. The van der Waals surface area contributed by atoms with Crippen molar-refractivity contribution in [1.29, 1.82) is 0 Å². The predicted octanol–water partition coefficient (Wildman–Crippen LogP) is 10.3. The van der Waals surface area contributed by atoms with Gasteiger partial charge in [0.05, 0.1) is 28.1 Å². The lowest BCUT2D eigenvalue weighted by Gasteiger charge is -2.14. The molecule has 0 saturated carbocycles. The maximum absolute atomic E-state index is 5.25. The number of aromatic nitrogens is 4. The molecule has 0 saturated heterocycles. The van der Waals surface area contributed by atoms with E-state index in [2.05, 4.69) is 138 Å². The molecular weight excluding hydrogens is 548 g/mol. The van der Waals surface area contributed by atoms with Crippen LogP contribution in [0.4, 0.5) is 0 Å². The van der Waals surface area contributed by atoms with E-state index < -0.39 is 0 Å². The van der Waals surface area contributed by atoms with Crippen LogP contribution in [0.15, 0.2) is 158 Å². The lowest BCUT2D eigenvalue weighted by Crippen LogP contribution is -1.93. The second-order valence-corrected chi connectivity index (χ2v) is 11.4. The number of benzene rings is 5. The van der Waals surface area contributed by atoms with Gasteiger partial charge in [-0.15, -0.1) is 0 Å². The number of fused-ring (bicyclic) bond motifs is 6. The molecule has 0 aliphatic heterocycles. The third-order valence-corrected chi connectivity index (χ3v) is 8.62. The van der Waals surface area contributed by atoms with Crippen LogP contribution in [0.5, 0.6) is 0 Å². The number of hydrogen-bond donors (Lipinski definition) is 0. The Kier molecular flexibility index (Phi) is 5.78. The molecule has 0 amide bonds. The number of pyridine rings is 3. The molecule has 45 heavy (non-hydrogen) atoms. The van der Waals surface area contributed by atoms with Gasteiger partial charge in [0.1, 0.15) is 5.65 Å². The molecule has 0 fully saturated rings. The van der Waals surface area contributed by atoms with Gasteiger partial charge < -0.3 is 4.40 Å². The zero-order chi connectivity index (χ0) is 29.7. The molecule has 4 heterocycles. The molecule has 0 bridgehead atoms. The Bertz CT molecular complexity index is 2520. The molecule has 4 aromatic heterocycles. The first-order chi connectivity index (χ1) is 22.3. The van der Waals surface area contributed by atoms with Crippen LogP contribution in [-0.4, -0.2) is 19.4 Å². The summed E-state index contributed by atoms with van der Waals surface area (Å²) >= 11 is 0. The first kappa shape index (κ1) is 25.4. The molecule has 9 rings (SSSR count). The van der Waals surface area contributed by atoms with Gasteiger partial charge in [0.25, 0.3) is 0 Å². The standard InChI is InChI=1S/C41H26N4/c1-3-9-28(10-4-1)35-22-20-31-19-21-34-33-13-7-8-14-36(33)44-41(39(34)40(31)43-35)30-17-15-27(16-18-30)32-23-24-45-26-37(42-38(45)25-32)29-11-5-2-6-12-29/h1-26H. The van der Waals surface area contributed by atoms with Gasteiger partial charge in [-0.3, -0.25) is 0 Å². The van der Waals surface area contributed by atoms with Crippen LogP contribution in [0, 0.1) is 0 Å². The van der Waals surface area contributed by atoms with Crippen molar-refractivity contribution in [3.8, 4) is 44.9 Å². The molecule has 4 heteroatoms. The third-order valence-electron chi connectivity index (χ3n) is 8.62. The van der Waals surface area contributed by atoms with Crippen molar-refractivity contribution in [3.63, 3.8) is 0 Å². The number of nitrogens with zero attached hydrogens (tertiary/aromatic N) is 4. The van der Waals surface area contributed by atoms with Crippen LogP contribution in [0.25, 0.3) is 83.1 Å². The Hall–Kier alpha value is -6.13. The van der Waals surface area contributed by atoms with Crippen LogP contribution < -0.4 is 0 Å². The average molecular weight is 575 g/mol. The fourth-order valence-electron chi connectivity index (χ4n) is 6.34. The Morgan fingerprint density at radius 2 is 1.13 bits per heavy atom. The van der Waals surface area contributed by atoms with E-state index in [-0.39, 0.29) is 0 Å². The van der Waals surface area contributed by atoms with Crippen molar-refractivity contribution in [2.75, 3.05) is 0 Å². The van der Waals surface area contributed by atoms with Crippen LogP contribution in [0.1, 0.15) is 0 Å². The molecule has 4 nitrogen and oxygen atoms in total. The molecule has 0 aliphatic rings. The largest absolute Gasteiger partial charge is 0.306 e. The highest BCUT2D eigenvalue weighted by atomic mass is 15.0. The number of rotatable bonds is 4. The van der Waals surface area contributed by atoms with E-state index in [0.717, 1.165) is 83.1 Å². The van der Waals surface area contributed by atoms with Gasteiger partial charge >= 0.3 is 0 Å². The summed E-state index contributed by atoms with van der Waals surface area (Å²) in [6, 6.07) is 50.7. The van der Waals surface area contributed by atoms with Crippen molar-refractivity contribution in [2.45, 2.75) is 0 Å². The van der Waals surface area contributed by atoms with E-state index in [0.29, 0.717) is 0 Å². The Morgan fingerprint density at radius 3 is 1.93 bits per heavy atom. The Morgan fingerprint density at radius 1 is 0.444 bits per heavy atom. The second-order valence-electron chi connectivity index (χ2n) is 11.4. The summed E-state index contributed by atoms with van der Waals surface area (Å²) in [4.78, 5) is 15.4. The molecule has 5 aromatic carbocycles. The SMILES string of the molecule is c1ccc(-c2ccc3ccc4c5ccccc5nc(-c5ccc(-c6ccn7cc(-c8ccccc8)nc7c6)cc5)c4c3n2)cc1. The van der Waals surface area contributed by atoms with Crippen LogP contribution in [0.2, 0.25) is 0 Å². The molecule has 0 atom stereocenters. The van der Waals surface area contributed by atoms with Crippen molar-refractivity contribution >= 4 is 38.2 Å². The van der Waals surface area contributed by atoms with E-state index >= 15 is 0 Å². The second kappa shape index (κ2) is 10.2. The highest BCUT2D eigenvalue weighted by Gasteiger charge is 2.16. The fourth-order valence-corrected chi connectivity index (χ4v) is 6.34. The molecule has 0 unspecified atom stereocenters. The maximum Gasteiger partial charge on any atom is 0.138 e. The minimum atomic E-state index is 0.921. The predicted molar refractivity (Wildman–Crippen MR) is 185 cm³/mol. The molecule has 210 valence electrons. The summed E-state index contributed by atoms with van der Waals surface area (Å²) in [5, 5.41) is 4.46. The van der Waals surface area contributed by atoms with Gasteiger partial charge in [0, 0.05) is 45.2 Å². The third kappa shape index (κ3) is 4.35. The van der Waals surface area contributed by atoms with Gasteiger partial charge in [-0.2, -0.15) is 0 Å². The van der Waals surface area contributed by atoms with Crippen molar-refractivity contribution in [2.24, 2.45) is 0 Å². The Labute approximate surface area is 259 Å². The summed E-state index contributed by atoms with van der Waals surface area (Å²) in [7, 11) is 0. The van der Waals surface area contributed by atoms with Gasteiger partial charge in [-0.25, -0.2) is 15.0 Å². The smallest absolute Gasteiger partial charge is 0.138 e. The van der Waals surface area contributed by atoms with E-state index in [1.54, 1.807) is 0 Å². The van der Waals surface area contributed by atoms with Gasteiger partial charge in [-0.05, 0) is 40.8 Å². The summed E-state index contributed by atoms with van der Waals surface area (Å²) < 4.78 is 2.08. The molecule has 0 N–H and O–H groups in total. The monoisotopic (exact) mass is 574 g/mol. The molecule has 0 spiro atoms. The van der Waals surface area contributed by atoms with Crippen LogP contribution in [0.3, 0.4) is 0 Å². The Balaban J connectivity index is 1.19. The van der Waals surface area contributed by atoms with Crippen molar-refractivity contribution < 1.29 is 0 Å². The molecule has 0 aliphatic carbocycles. The van der Waals surface area contributed by atoms with E-state index in [1.807, 2.05) is 24.3 Å². The maximum atomic E-state index is 5.25.